The molecule has 1 saturated heterocycles. The number of hydrogen-bond acceptors (Lipinski definition) is 6. The number of rotatable bonds is 6. The fourth-order valence-corrected chi connectivity index (χ4v) is 5.11. The van der Waals surface area contributed by atoms with Gasteiger partial charge in [0.1, 0.15) is 5.82 Å². The highest BCUT2D eigenvalue weighted by atomic mass is 35.5. The Balaban J connectivity index is 1.46. The molecule has 39 heavy (non-hydrogen) atoms. The Labute approximate surface area is 234 Å². The van der Waals surface area contributed by atoms with Gasteiger partial charge in [-0.1, -0.05) is 17.7 Å². The van der Waals surface area contributed by atoms with Crippen LogP contribution in [-0.4, -0.2) is 58.8 Å². The quantitative estimate of drug-likeness (QED) is 0.358. The lowest BCUT2D eigenvalue weighted by atomic mass is 9.95. The highest BCUT2D eigenvalue weighted by Gasteiger charge is 2.20. The molecule has 1 aliphatic heterocycles. The summed E-state index contributed by atoms with van der Waals surface area (Å²) in [6.45, 7) is 7.88. The Hall–Kier alpha value is -3.88. The predicted octanol–water partition coefficient (Wildman–Crippen LogP) is 4.94. The molecule has 1 aliphatic rings. The number of benzene rings is 2. The maximum atomic E-state index is 13.5. The monoisotopic (exact) mass is 543 g/mol. The van der Waals surface area contributed by atoms with Crippen molar-refractivity contribution in [1.29, 1.82) is 0 Å². The second kappa shape index (κ2) is 11.1. The van der Waals surface area contributed by atoms with Gasteiger partial charge in [0.05, 0.1) is 17.3 Å². The minimum Gasteiger partial charge on any atom is -0.383 e. The number of halogens is 1. The van der Waals surface area contributed by atoms with E-state index in [1.807, 2.05) is 63.6 Å². The summed E-state index contributed by atoms with van der Waals surface area (Å²) in [6, 6.07) is 13.8. The van der Waals surface area contributed by atoms with Gasteiger partial charge >= 0.3 is 0 Å². The lowest BCUT2D eigenvalue weighted by molar-refractivity contribution is 0.0939. The third-order valence-electron chi connectivity index (χ3n) is 7.37. The van der Waals surface area contributed by atoms with Crippen LogP contribution in [0.3, 0.4) is 0 Å². The summed E-state index contributed by atoms with van der Waals surface area (Å²) < 4.78 is 1.76. The molecule has 8 nitrogen and oxygen atoms in total. The number of carbonyl (C=O) groups is 1. The van der Waals surface area contributed by atoms with E-state index in [1.54, 1.807) is 4.68 Å². The van der Waals surface area contributed by atoms with Gasteiger partial charge in [-0.3, -0.25) is 9.48 Å². The van der Waals surface area contributed by atoms with Gasteiger partial charge in [0.25, 0.3) is 5.91 Å². The molecule has 3 N–H and O–H groups in total. The third kappa shape index (κ3) is 5.92. The number of nitrogen functional groups attached to an aromatic ring is 1. The summed E-state index contributed by atoms with van der Waals surface area (Å²) >= 11 is 6.26. The highest BCUT2D eigenvalue weighted by molar-refractivity contribution is 6.30. The molecule has 1 atom stereocenters. The van der Waals surface area contributed by atoms with Crippen LogP contribution in [0, 0.1) is 6.92 Å². The molecular weight excluding hydrogens is 510 g/mol. The average molecular weight is 544 g/mol. The van der Waals surface area contributed by atoms with Crippen molar-refractivity contribution in [3.8, 4) is 22.3 Å². The maximum absolute atomic E-state index is 13.5. The largest absolute Gasteiger partial charge is 0.383 e. The van der Waals surface area contributed by atoms with Crippen LogP contribution in [0.15, 0.2) is 61.1 Å². The molecule has 0 aliphatic carbocycles. The summed E-state index contributed by atoms with van der Waals surface area (Å²) in [6.07, 6.45) is 5.31. The molecule has 3 heterocycles. The van der Waals surface area contributed by atoms with Gasteiger partial charge in [-0.2, -0.15) is 5.10 Å². The molecular formula is C30H34ClN7O. The Bertz CT molecular complexity index is 1510. The second-order valence-corrected chi connectivity index (χ2v) is 10.8. The topological polar surface area (TPSA) is 92.3 Å². The number of aryl methyl sites for hydroxylation is 2. The molecule has 0 saturated carbocycles. The van der Waals surface area contributed by atoms with E-state index in [9.17, 15) is 4.79 Å². The van der Waals surface area contributed by atoms with Crippen LogP contribution in [0.1, 0.15) is 34.5 Å². The maximum Gasteiger partial charge on any atom is 0.252 e. The summed E-state index contributed by atoms with van der Waals surface area (Å²) in [7, 11) is 4.02. The highest BCUT2D eigenvalue weighted by Crippen LogP contribution is 2.34. The zero-order valence-electron chi connectivity index (χ0n) is 22.8. The lowest BCUT2D eigenvalue weighted by Crippen LogP contribution is -2.44. The summed E-state index contributed by atoms with van der Waals surface area (Å²) in [5.41, 5.74) is 13.4. The second-order valence-electron chi connectivity index (χ2n) is 10.3. The van der Waals surface area contributed by atoms with Gasteiger partial charge < -0.3 is 20.9 Å². The number of nitrogens with zero attached hydrogens (tertiary/aromatic N) is 5. The molecule has 202 valence electrons. The van der Waals surface area contributed by atoms with Crippen molar-refractivity contribution in [3.63, 3.8) is 0 Å². The minimum absolute atomic E-state index is 0.103. The molecule has 0 unspecified atom stereocenters. The van der Waals surface area contributed by atoms with E-state index in [1.165, 1.54) is 6.20 Å². The van der Waals surface area contributed by atoms with Gasteiger partial charge in [-0.15, -0.1) is 0 Å². The van der Waals surface area contributed by atoms with Crippen LogP contribution in [0.4, 0.5) is 11.5 Å². The normalized spacial score (nSPS) is 14.8. The number of anilines is 2. The first-order valence-corrected chi connectivity index (χ1v) is 13.5. The molecule has 0 bridgehead atoms. The number of aromatic nitrogens is 3. The van der Waals surface area contributed by atoms with Crippen molar-refractivity contribution in [2.75, 3.05) is 43.9 Å². The number of nitrogens with two attached hydrogens (primary N) is 1. The van der Waals surface area contributed by atoms with E-state index >= 15 is 0 Å². The summed E-state index contributed by atoms with van der Waals surface area (Å²) in [4.78, 5) is 22.4. The van der Waals surface area contributed by atoms with Crippen LogP contribution in [-0.2, 0) is 7.05 Å². The van der Waals surface area contributed by atoms with Crippen molar-refractivity contribution in [3.05, 3.63) is 82.8 Å². The number of piperazine rings is 1. The molecule has 5 rings (SSSR count). The SMILES string of the molecule is Cc1ccc(N2CCN(C)CC2)cc1C(=O)N[C@H](C)c1cc(-c2cnn(C)c2)cc(-c2cc(Cl)cnc2N)c1. The van der Waals surface area contributed by atoms with Crippen LogP contribution in [0.5, 0.6) is 0 Å². The smallest absolute Gasteiger partial charge is 0.252 e. The average Bonchev–Trinajstić information content (AvgIpc) is 3.36. The molecule has 4 aromatic rings. The van der Waals surface area contributed by atoms with E-state index in [-0.39, 0.29) is 11.9 Å². The van der Waals surface area contributed by atoms with Crippen molar-refractivity contribution in [1.82, 2.24) is 25.0 Å². The van der Waals surface area contributed by atoms with Gasteiger partial charge in [0.2, 0.25) is 0 Å². The predicted molar refractivity (Wildman–Crippen MR) is 158 cm³/mol. The first-order chi connectivity index (χ1) is 18.7. The molecule has 2 aromatic heterocycles. The van der Waals surface area contributed by atoms with E-state index in [2.05, 4.69) is 44.4 Å². The van der Waals surface area contributed by atoms with Crippen LogP contribution in [0.2, 0.25) is 5.02 Å². The molecule has 1 amide bonds. The van der Waals surface area contributed by atoms with Crippen LogP contribution >= 0.6 is 11.6 Å². The van der Waals surface area contributed by atoms with Crippen LogP contribution in [0.25, 0.3) is 22.3 Å². The van der Waals surface area contributed by atoms with Crippen LogP contribution < -0.4 is 16.0 Å². The number of carbonyl (C=O) groups excluding carboxylic acids is 1. The summed E-state index contributed by atoms with van der Waals surface area (Å²) in [5, 5.41) is 8.06. The Morgan fingerprint density at radius 1 is 1.00 bits per heavy atom. The Morgan fingerprint density at radius 3 is 2.46 bits per heavy atom. The van der Waals surface area contributed by atoms with Gasteiger partial charge in [-0.25, -0.2) is 4.98 Å². The third-order valence-corrected chi connectivity index (χ3v) is 7.58. The van der Waals surface area contributed by atoms with E-state index in [0.29, 0.717) is 16.4 Å². The van der Waals surface area contributed by atoms with Crippen molar-refractivity contribution < 1.29 is 4.79 Å². The molecule has 2 aromatic carbocycles. The number of likely N-dealkylation sites (N-methyl/N-ethyl adjacent to an activating group) is 1. The molecule has 1 fully saturated rings. The standard InChI is InChI=1S/C30H34ClN7O/c1-19-5-6-26(38-9-7-36(3)8-10-38)15-27(19)30(39)35-20(2)21-11-22(24-16-34-37(4)18-24)13-23(12-21)28-14-25(31)17-33-29(28)32/h5-6,11-18,20H,7-10H2,1-4H3,(H2,32,33)(H,35,39)/t20-/m1/s1. The van der Waals surface area contributed by atoms with E-state index in [4.69, 9.17) is 17.3 Å². The van der Waals surface area contributed by atoms with Gasteiger partial charge in [0, 0.05) is 68.0 Å². The number of amides is 1. The van der Waals surface area contributed by atoms with E-state index < -0.39 is 0 Å². The number of nitrogens with one attached hydrogen (secondary N) is 1. The first kappa shape index (κ1) is 26.7. The Kier molecular flexibility index (Phi) is 7.59. The number of pyridine rings is 1. The van der Waals surface area contributed by atoms with Crippen molar-refractivity contribution in [2.24, 2.45) is 7.05 Å². The first-order valence-electron chi connectivity index (χ1n) is 13.1. The number of hydrogen-bond donors (Lipinski definition) is 2. The molecule has 0 radical (unpaired) electrons. The fraction of sp³-hybridized carbons (Fsp3) is 0.300. The van der Waals surface area contributed by atoms with E-state index in [0.717, 1.165) is 65.2 Å². The van der Waals surface area contributed by atoms with Gasteiger partial charge in [0.15, 0.2) is 0 Å². The fourth-order valence-electron chi connectivity index (χ4n) is 4.95. The molecule has 9 heteroatoms. The van der Waals surface area contributed by atoms with Gasteiger partial charge in [-0.05, 0) is 79.5 Å². The Morgan fingerprint density at radius 2 is 1.74 bits per heavy atom. The molecule has 0 spiro atoms. The zero-order valence-corrected chi connectivity index (χ0v) is 23.5. The van der Waals surface area contributed by atoms with Crippen molar-refractivity contribution >= 4 is 29.0 Å². The lowest BCUT2D eigenvalue weighted by Gasteiger charge is -2.34. The zero-order chi connectivity index (χ0) is 27.7. The van der Waals surface area contributed by atoms with Crippen molar-refractivity contribution in [2.45, 2.75) is 19.9 Å². The summed E-state index contributed by atoms with van der Waals surface area (Å²) in [5.74, 6) is 0.287. The minimum atomic E-state index is -0.270.